The predicted octanol–water partition coefficient (Wildman–Crippen LogP) is 4.59. The first-order chi connectivity index (χ1) is 14.1. The second kappa shape index (κ2) is 10.0. The molecule has 0 saturated heterocycles. The highest BCUT2D eigenvalue weighted by molar-refractivity contribution is 6.74. The number of carbonyl (C=O) groups is 1. The van der Waals surface area contributed by atoms with Gasteiger partial charge in [-0.3, -0.25) is 0 Å². The molecule has 1 heterocycles. The van der Waals surface area contributed by atoms with Gasteiger partial charge in [0.15, 0.2) is 14.4 Å². The van der Waals surface area contributed by atoms with Gasteiger partial charge in [0.05, 0.1) is 26.0 Å². The Hall–Kier alpha value is -2.45. The van der Waals surface area contributed by atoms with Crippen LogP contribution in [0.15, 0.2) is 42.7 Å². The lowest BCUT2D eigenvalue weighted by Gasteiger charge is -2.40. The van der Waals surface area contributed by atoms with Gasteiger partial charge in [-0.2, -0.15) is 10.2 Å². The van der Waals surface area contributed by atoms with Crippen LogP contribution in [0, 0.1) is 0 Å². The third kappa shape index (κ3) is 6.02. The Balaban J connectivity index is 2.46. The van der Waals surface area contributed by atoms with E-state index in [1.54, 1.807) is 26.4 Å². The number of hydrogen-bond donors (Lipinski definition) is 1. The molecule has 7 nitrogen and oxygen atoms in total. The summed E-state index contributed by atoms with van der Waals surface area (Å²) >= 11 is 0. The minimum atomic E-state index is -2.28. The molecule has 164 valence electrons. The van der Waals surface area contributed by atoms with Crippen molar-refractivity contribution in [1.82, 2.24) is 10.2 Å². The van der Waals surface area contributed by atoms with Crippen LogP contribution in [0.3, 0.4) is 0 Å². The maximum absolute atomic E-state index is 13.0. The van der Waals surface area contributed by atoms with Crippen LogP contribution in [-0.4, -0.2) is 44.3 Å². The molecule has 0 spiro atoms. The van der Waals surface area contributed by atoms with Gasteiger partial charge in [-0.15, -0.1) is 0 Å². The van der Waals surface area contributed by atoms with E-state index < -0.39 is 26.4 Å². The third-order valence-electron chi connectivity index (χ3n) is 5.43. The van der Waals surface area contributed by atoms with Crippen molar-refractivity contribution in [2.24, 2.45) is 0 Å². The molecule has 2 aromatic rings. The fraction of sp³-hybridized carbons (Fsp3) is 0.500. The molecule has 2 atom stereocenters. The SMILES string of the molecule is CCOC(=O)[C@@H](O[Si](C)(C)C(C)(C)C)[C@H](Nc1ccc(OC)cc1)c1ccnnc1. The number of nitrogens with zero attached hydrogens (tertiary/aromatic N) is 2. The third-order valence-corrected chi connectivity index (χ3v) is 9.88. The summed E-state index contributed by atoms with van der Waals surface area (Å²) in [6.07, 6.45) is 2.41. The lowest BCUT2D eigenvalue weighted by molar-refractivity contribution is -0.152. The smallest absolute Gasteiger partial charge is 0.336 e. The number of methoxy groups -OCH3 is 1. The van der Waals surface area contributed by atoms with Crippen molar-refractivity contribution >= 4 is 20.0 Å². The maximum Gasteiger partial charge on any atom is 0.336 e. The van der Waals surface area contributed by atoms with Gasteiger partial charge in [0.25, 0.3) is 0 Å². The van der Waals surface area contributed by atoms with Crippen LogP contribution in [0.2, 0.25) is 18.1 Å². The van der Waals surface area contributed by atoms with Gasteiger partial charge in [-0.25, -0.2) is 4.79 Å². The number of benzene rings is 1. The highest BCUT2D eigenvalue weighted by Crippen LogP contribution is 2.39. The average Bonchev–Trinajstić information content (AvgIpc) is 2.71. The zero-order valence-corrected chi connectivity index (χ0v) is 19.9. The Morgan fingerprint density at radius 2 is 1.80 bits per heavy atom. The molecule has 0 saturated carbocycles. The van der Waals surface area contributed by atoms with Crippen LogP contribution >= 0.6 is 0 Å². The van der Waals surface area contributed by atoms with Gasteiger partial charge in [0.1, 0.15) is 5.75 Å². The van der Waals surface area contributed by atoms with Crippen molar-refractivity contribution in [3.8, 4) is 5.75 Å². The summed E-state index contributed by atoms with van der Waals surface area (Å²) in [6, 6.07) is 8.85. The fourth-order valence-electron chi connectivity index (χ4n) is 2.66. The van der Waals surface area contributed by atoms with E-state index in [9.17, 15) is 4.79 Å². The normalized spacial score (nSPS) is 14.0. The first-order valence-electron chi connectivity index (χ1n) is 10.1. The van der Waals surface area contributed by atoms with E-state index in [2.05, 4.69) is 49.4 Å². The van der Waals surface area contributed by atoms with E-state index in [4.69, 9.17) is 13.9 Å². The van der Waals surface area contributed by atoms with Crippen LogP contribution in [-0.2, 0) is 14.0 Å². The molecule has 1 N–H and O–H groups in total. The number of esters is 1. The molecule has 0 aliphatic heterocycles. The fourth-order valence-corrected chi connectivity index (χ4v) is 3.88. The van der Waals surface area contributed by atoms with Gasteiger partial charge >= 0.3 is 5.97 Å². The van der Waals surface area contributed by atoms with Gasteiger partial charge in [0, 0.05) is 11.9 Å². The molecule has 30 heavy (non-hydrogen) atoms. The molecular weight excluding hydrogens is 398 g/mol. The summed E-state index contributed by atoms with van der Waals surface area (Å²) in [7, 11) is -0.662. The number of hydrogen-bond acceptors (Lipinski definition) is 7. The van der Waals surface area contributed by atoms with E-state index >= 15 is 0 Å². The molecule has 0 radical (unpaired) electrons. The van der Waals surface area contributed by atoms with Crippen molar-refractivity contribution in [1.29, 1.82) is 0 Å². The second-order valence-electron chi connectivity index (χ2n) is 8.58. The number of rotatable bonds is 9. The van der Waals surface area contributed by atoms with Crippen molar-refractivity contribution in [3.63, 3.8) is 0 Å². The van der Waals surface area contributed by atoms with Crippen molar-refractivity contribution in [3.05, 3.63) is 48.3 Å². The molecule has 1 aromatic carbocycles. The summed E-state index contributed by atoms with van der Waals surface area (Å²) in [6.45, 7) is 12.7. The Kier molecular flexibility index (Phi) is 7.97. The summed E-state index contributed by atoms with van der Waals surface area (Å²) in [5.41, 5.74) is 1.61. The van der Waals surface area contributed by atoms with Gasteiger partial charge in [-0.1, -0.05) is 20.8 Å². The Bertz CT molecular complexity index is 807. The summed E-state index contributed by atoms with van der Waals surface area (Å²) in [4.78, 5) is 13.0. The van der Waals surface area contributed by atoms with Crippen LogP contribution in [0.5, 0.6) is 5.75 Å². The predicted molar refractivity (Wildman–Crippen MR) is 120 cm³/mol. The monoisotopic (exact) mass is 431 g/mol. The lowest BCUT2D eigenvalue weighted by Crippen LogP contribution is -2.49. The highest BCUT2D eigenvalue weighted by atomic mass is 28.4. The van der Waals surface area contributed by atoms with Crippen LogP contribution < -0.4 is 10.1 Å². The molecule has 2 rings (SSSR count). The lowest BCUT2D eigenvalue weighted by atomic mass is 10.0. The molecule has 0 aliphatic carbocycles. The Morgan fingerprint density at radius 3 is 2.30 bits per heavy atom. The average molecular weight is 432 g/mol. The van der Waals surface area contributed by atoms with E-state index in [-0.39, 0.29) is 11.6 Å². The first-order valence-corrected chi connectivity index (χ1v) is 13.0. The van der Waals surface area contributed by atoms with Crippen molar-refractivity contribution < 1.29 is 18.7 Å². The molecule has 0 aliphatic rings. The number of nitrogens with one attached hydrogen (secondary N) is 1. The number of carbonyl (C=O) groups excluding carboxylic acids is 1. The number of ether oxygens (including phenoxy) is 2. The van der Waals surface area contributed by atoms with E-state index in [0.29, 0.717) is 0 Å². The second-order valence-corrected chi connectivity index (χ2v) is 13.3. The minimum Gasteiger partial charge on any atom is -0.497 e. The molecule has 8 heteroatoms. The van der Waals surface area contributed by atoms with Gasteiger partial charge in [-0.05, 0) is 61.0 Å². The standard InChI is InChI=1S/C22H33N3O4Si/c1-8-28-21(26)20(29-30(6,7)22(2,3)4)19(16-13-14-23-24-15-16)25-17-9-11-18(27-5)12-10-17/h9-15,19-20,25H,8H2,1-7H3/t19-,20+/m1/s1. The zero-order valence-electron chi connectivity index (χ0n) is 18.9. The van der Waals surface area contributed by atoms with E-state index in [1.165, 1.54) is 0 Å². The van der Waals surface area contributed by atoms with Crippen molar-refractivity contribution in [2.75, 3.05) is 19.0 Å². The van der Waals surface area contributed by atoms with Crippen LogP contribution in [0.25, 0.3) is 0 Å². The van der Waals surface area contributed by atoms with Gasteiger partial charge in [0.2, 0.25) is 0 Å². The molecule has 0 fully saturated rings. The van der Waals surface area contributed by atoms with Gasteiger partial charge < -0.3 is 19.2 Å². The quantitative estimate of drug-likeness (QED) is 0.459. The minimum absolute atomic E-state index is 0.0705. The molecule has 0 unspecified atom stereocenters. The Labute approximate surface area is 180 Å². The topological polar surface area (TPSA) is 82.6 Å². The van der Waals surface area contributed by atoms with Crippen LogP contribution in [0.1, 0.15) is 39.3 Å². The summed E-state index contributed by atoms with van der Waals surface area (Å²) in [5, 5.41) is 11.2. The molecular formula is C22H33N3O4Si. The Morgan fingerprint density at radius 1 is 1.13 bits per heavy atom. The van der Waals surface area contributed by atoms with Crippen LogP contribution in [0.4, 0.5) is 5.69 Å². The van der Waals surface area contributed by atoms with Crippen molar-refractivity contribution in [2.45, 2.75) is 58.0 Å². The largest absolute Gasteiger partial charge is 0.497 e. The molecule has 0 bridgehead atoms. The highest BCUT2D eigenvalue weighted by Gasteiger charge is 2.44. The summed E-state index contributed by atoms with van der Waals surface area (Å²) in [5.74, 6) is 0.354. The van der Waals surface area contributed by atoms with E-state index in [0.717, 1.165) is 17.0 Å². The number of aromatic nitrogens is 2. The summed E-state index contributed by atoms with van der Waals surface area (Å²) < 4.78 is 17.2. The molecule has 0 amide bonds. The first kappa shape index (κ1) is 23.8. The van der Waals surface area contributed by atoms with E-state index in [1.807, 2.05) is 30.3 Å². The molecule has 1 aromatic heterocycles. The zero-order chi connectivity index (χ0) is 22.4. The maximum atomic E-state index is 13.0. The number of anilines is 1.